The molecule has 1 rings (SSSR count). The zero-order valence-electron chi connectivity index (χ0n) is 14.2. The van der Waals surface area contributed by atoms with Crippen LogP contribution in [-0.4, -0.2) is 34.9 Å². The van der Waals surface area contributed by atoms with Crippen LogP contribution < -0.4 is 10.6 Å². The minimum absolute atomic E-state index is 0.108. The largest absolute Gasteiger partial charge is 0.481 e. The van der Waals surface area contributed by atoms with Crippen molar-refractivity contribution in [1.82, 2.24) is 10.6 Å². The molecule has 0 heterocycles. The van der Waals surface area contributed by atoms with E-state index in [9.17, 15) is 22.8 Å². The molecular formula is C17H23F3N2O3. The summed E-state index contributed by atoms with van der Waals surface area (Å²) in [5, 5.41) is 13.0. The Labute approximate surface area is 144 Å². The Kier molecular flexibility index (Phi) is 7.26. The molecule has 0 aromatic heterocycles. The molecule has 2 amide bonds. The highest BCUT2D eigenvalue weighted by Gasteiger charge is 2.40. The zero-order chi connectivity index (χ0) is 19.1. The Hall–Kier alpha value is -2.25. The number of nitrogens with one attached hydrogen (secondary N) is 2. The normalized spacial score (nSPS) is 13.2. The standard InChI is InChI=1S/C17H23F3N2O3/c1-16(2,11-10-14(23)24)22-15(25)21-13(17(18,19)20)9-8-12-6-4-3-5-7-12/h3-7,13H,8-11H2,1-2H3,(H,23,24)(H2,21,22,25). The van der Waals surface area contributed by atoms with Crippen molar-refractivity contribution in [2.75, 3.05) is 0 Å². The van der Waals surface area contributed by atoms with Crippen LogP contribution in [0.4, 0.5) is 18.0 Å². The number of urea groups is 1. The molecule has 0 fully saturated rings. The van der Waals surface area contributed by atoms with Crippen LogP contribution in [0, 0.1) is 0 Å². The van der Waals surface area contributed by atoms with E-state index in [2.05, 4.69) is 5.32 Å². The van der Waals surface area contributed by atoms with Crippen LogP contribution >= 0.6 is 0 Å². The van der Waals surface area contributed by atoms with Crippen LogP contribution in [0.2, 0.25) is 0 Å². The number of carbonyl (C=O) groups is 2. The first kappa shape index (κ1) is 20.8. The summed E-state index contributed by atoms with van der Waals surface area (Å²) in [6.07, 6.45) is -4.76. The summed E-state index contributed by atoms with van der Waals surface area (Å²) in [7, 11) is 0. The van der Waals surface area contributed by atoms with Gasteiger partial charge in [0, 0.05) is 12.0 Å². The average Bonchev–Trinajstić information content (AvgIpc) is 2.49. The molecule has 0 aliphatic heterocycles. The molecule has 0 aliphatic carbocycles. The smallest absolute Gasteiger partial charge is 0.408 e. The molecule has 0 saturated carbocycles. The van der Waals surface area contributed by atoms with E-state index in [4.69, 9.17) is 5.11 Å². The highest BCUT2D eigenvalue weighted by molar-refractivity contribution is 5.75. The van der Waals surface area contributed by atoms with E-state index in [0.29, 0.717) is 0 Å². The topological polar surface area (TPSA) is 78.4 Å². The summed E-state index contributed by atoms with van der Waals surface area (Å²) in [5.74, 6) is -1.04. The number of carbonyl (C=O) groups excluding carboxylic acids is 1. The van der Waals surface area contributed by atoms with Crippen molar-refractivity contribution < 1.29 is 27.9 Å². The van der Waals surface area contributed by atoms with Crippen LogP contribution in [0.3, 0.4) is 0 Å². The third kappa shape index (κ3) is 8.42. The lowest BCUT2D eigenvalue weighted by molar-refractivity contribution is -0.154. The molecule has 1 unspecified atom stereocenters. The van der Waals surface area contributed by atoms with Gasteiger partial charge < -0.3 is 15.7 Å². The Morgan fingerprint density at radius 3 is 2.28 bits per heavy atom. The van der Waals surface area contributed by atoms with E-state index in [-0.39, 0.29) is 25.7 Å². The molecule has 0 aliphatic rings. The summed E-state index contributed by atoms with van der Waals surface area (Å²) in [5.41, 5.74) is -0.182. The van der Waals surface area contributed by atoms with Gasteiger partial charge >= 0.3 is 18.2 Å². The van der Waals surface area contributed by atoms with Crippen LogP contribution in [0.25, 0.3) is 0 Å². The fourth-order valence-corrected chi connectivity index (χ4v) is 2.26. The van der Waals surface area contributed by atoms with Crippen molar-refractivity contribution in [3.05, 3.63) is 35.9 Å². The molecule has 1 aromatic rings. The number of benzene rings is 1. The number of carboxylic acids is 1. The Balaban J connectivity index is 2.62. The predicted octanol–water partition coefficient (Wildman–Crippen LogP) is 3.49. The second-order valence-corrected chi connectivity index (χ2v) is 6.49. The maximum Gasteiger partial charge on any atom is 0.408 e. The minimum atomic E-state index is -4.57. The summed E-state index contributed by atoms with van der Waals surface area (Å²) < 4.78 is 39.4. The van der Waals surface area contributed by atoms with Gasteiger partial charge in [-0.15, -0.1) is 0 Å². The van der Waals surface area contributed by atoms with E-state index < -0.39 is 29.8 Å². The van der Waals surface area contributed by atoms with Crippen molar-refractivity contribution in [3.63, 3.8) is 0 Å². The van der Waals surface area contributed by atoms with E-state index >= 15 is 0 Å². The fourth-order valence-electron chi connectivity index (χ4n) is 2.26. The molecule has 1 atom stereocenters. The first-order chi connectivity index (χ1) is 11.5. The van der Waals surface area contributed by atoms with Gasteiger partial charge in [-0.05, 0) is 38.7 Å². The summed E-state index contributed by atoms with van der Waals surface area (Å²) in [6, 6.07) is 5.75. The maximum atomic E-state index is 13.1. The van der Waals surface area contributed by atoms with Gasteiger partial charge in [-0.3, -0.25) is 4.79 Å². The molecule has 25 heavy (non-hydrogen) atoms. The van der Waals surface area contributed by atoms with Crippen molar-refractivity contribution in [1.29, 1.82) is 0 Å². The number of aryl methyl sites for hydroxylation is 1. The lowest BCUT2D eigenvalue weighted by Gasteiger charge is -2.28. The van der Waals surface area contributed by atoms with E-state index in [1.54, 1.807) is 44.2 Å². The fraction of sp³-hybridized carbons (Fsp3) is 0.529. The molecule has 0 saturated heterocycles. The van der Waals surface area contributed by atoms with Crippen LogP contribution in [-0.2, 0) is 11.2 Å². The van der Waals surface area contributed by atoms with Gasteiger partial charge in [-0.2, -0.15) is 13.2 Å². The van der Waals surface area contributed by atoms with E-state index in [1.807, 2.05) is 5.32 Å². The molecule has 5 nitrogen and oxygen atoms in total. The third-order valence-corrected chi connectivity index (χ3v) is 3.68. The number of hydrogen-bond donors (Lipinski definition) is 3. The van der Waals surface area contributed by atoms with Gasteiger partial charge in [0.1, 0.15) is 6.04 Å². The number of halogens is 3. The van der Waals surface area contributed by atoms with Crippen LogP contribution in [0.1, 0.15) is 38.7 Å². The maximum absolute atomic E-state index is 13.1. The molecule has 3 N–H and O–H groups in total. The van der Waals surface area contributed by atoms with Gasteiger partial charge in [0.2, 0.25) is 0 Å². The van der Waals surface area contributed by atoms with Crippen molar-refractivity contribution in [2.45, 2.75) is 57.3 Å². The number of hydrogen-bond acceptors (Lipinski definition) is 2. The number of rotatable bonds is 8. The van der Waals surface area contributed by atoms with E-state index in [0.717, 1.165) is 5.56 Å². The monoisotopic (exact) mass is 360 g/mol. The summed E-state index contributed by atoms with van der Waals surface area (Å²) in [6.45, 7) is 3.12. The zero-order valence-corrected chi connectivity index (χ0v) is 14.2. The van der Waals surface area contributed by atoms with Crippen LogP contribution in [0.5, 0.6) is 0 Å². The van der Waals surface area contributed by atoms with Crippen molar-refractivity contribution >= 4 is 12.0 Å². The van der Waals surface area contributed by atoms with Gasteiger partial charge in [-0.25, -0.2) is 4.79 Å². The predicted molar refractivity (Wildman–Crippen MR) is 87.2 cm³/mol. The Morgan fingerprint density at radius 2 is 1.76 bits per heavy atom. The number of aliphatic carboxylic acids is 1. The third-order valence-electron chi connectivity index (χ3n) is 3.68. The number of carboxylic acid groups (broad SMARTS) is 1. The number of alkyl halides is 3. The van der Waals surface area contributed by atoms with Gasteiger partial charge in [0.15, 0.2) is 0 Å². The molecule has 1 aromatic carbocycles. The molecule has 140 valence electrons. The lowest BCUT2D eigenvalue weighted by Crippen LogP contribution is -2.54. The quantitative estimate of drug-likeness (QED) is 0.664. The van der Waals surface area contributed by atoms with Crippen LogP contribution in [0.15, 0.2) is 30.3 Å². The second kappa shape index (κ2) is 8.73. The summed E-state index contributed by atoms with van der Waals surface area (Å²) >= 11 is 0. The first-order valence-corrected chi connectivity index (χ1v) is 7.91. The van der Waals surface area contributed by atoms with Gasteiger partial charge in [0.05, 0.1) is 0 Å². The highest BCUT2D eigenvalue weighted by atomic mass is 19.4. The Morgan fingerprint density at radius 1 is 1.16 bits per heavy atom. The SMILES string of the molecule is CC(C)(CCC(=O)O)NC(=O)NC(CCc1ccccc1)C(F)(F)F. The Bertz CT molecular complexity index is 574. The van der Waals surface area contributed by atoms with E-state index in [1.165, 1.54) is 0 Å². The summed E-state index contributed by atoms with van der Waals surface area (Å²) in [4.78, 5) is 22.5. The first-order valence-electron chi connectivity index (χ1n) is 7.91. The van der Waals surface area contributed by atoms with Gasteiger partial charge in [0.25, 0.3) is 0 Å². The average molecular weight is 360 g/mol. The molecule has 8 heteroatoms. The molecule has 0 bridgehead atoms. The van der Waals surface area contributed by atoms with Gasteiger partial charge in [-0.1, -0.05) is 30.3 Å². The van der Waals surface area contributed by atoms with Crippen molar-refractivity contribution in [2.24, 2.45) is 0 Å². The molecule has 0 spiro atoms. The second-order valence-electron chi connectivity index (χ2n) is 6.49. The van der Waals surface area contributed by atoms with Crippen molar-refractivity contribution in [3.8, 4) is 0 Å². The highest BCUT2D eigenvalue weighted by Crippen LogP contribution is 2.24. The number of amides is 2. The lowest BCUT2D eigenvalue weighted by atomic mass is 9.98. The molecular weight excluding hydrogens is 337 g/mol. The molecule has 0 radical (unpaired) electrons. The minimum Gasteiger partial charge on any atom is -0.481 e.